The van der Waals surface area contributed by atoms with Crippen LogP contribution in [0.3, 0.4) is 0 Å². The van der Waals surface area contributed by atoms with Crippen LogP contribution in [0.25, 0.3) is 0 Å². The highest BCUT2D eigenvalue weighted by molar-refractivity contribution is 4.80. The second-order valence-corrected chi connectivity index (χ2v) is 2.20. The molecule has 2 nitrogen and oxygen atoms in total. The zero-order chi connectivity index (χ0) is 8.41. The van der Waals surface area contributed by atoms with Crippen LogP contribution in [0, 0.1) is 11.5 Å². The lowest BCUT2D eigenvalue weighted by Crippen LogP contribution is -2.40. The van der Waals surface area contributed by atoms with Crippen LogP contribution in [0.2, 0.25) is 0 Å². The maximum atomic E-state index is 11.7. The molecule has 0 spiro atoms. The van der Waals surface area contributed by atoms with E-state index in [0.29, 0.717) is 0 Å². The van der Waals surface area contributed by atoms with E-state index in [9.17, 15) is 13.2 Å². The summed E-state index contributed by atoms with van der Waals surface area (Å²) in [6.07, 6.45) is -3.50. The summed E-state index contributed by atoms with van der Waals surface area (Å²) in [4.78, 5) is 0. The molecule has 0 unspecified atom stereocenters. The van der Waals surface area contributed by atoms with E-state index in [1.54, 1.807) is 0 Å². The van der Waals surface area contributed by atoms with Gasteiger partial charge in [0.15, 0.2) is 0 Å². The summed E-state index contributed by atoms with van der Waals surface area (Å²) in [7, 11) is 0. The molecule has 0 aliphatic heterocycles. The standard InChI is InChI=1S/C5H6F3NO/c1-4(2,10-3-9)5(6,7)8/h1-2H3. The van der Waals surface area contributed by atoms with Crippen LogP contribution in [-0.2, 0) is 4.74 Å². The summed E-state index contributed by atoms with van der Waals surface area (Å²) in [5.74, 6) is 0. The second kappa shape index (κ2) is 2.37. The Morgan fingerprint density at radius 1 is 1.30 bits per heavy atom. The zero-order valence-electron chi connectivity index (χ0n) is 5.49. The van der Waals surface area contributed by atoms with Crippen molar-refractivity contribution in [3.63, 3.8) is 0 Å². The average Bonchev–Trinajstić information content (AvgIpc) is 1.61. The first-order valence-electron chi connectivity index (χ1n) is 2.45. The first-order chi connectivity index (χ1) is 4.31. The Balaban J connectivity index is 4.28. The van der Waals surface area contributed by atoms with E-state index in [1.165, 1.54) is 0 Å². The molecule has 0 fully saturated rings. The highest BCUT2D eigenvalue weighted by atomic mass is 19.4. The summed E-state index contributed by atoms with van der Waals surface area (Å²) >= 11 is 0. The van der Waals surface area contributed by atoms with Gasteiger partial charge in [0, 0.05) is 0 Å². The van der Waals surface area contributed by atoms with Gasteiger partial charge in [-0.25, -0.2) is 0 Å². The topological polar surface area (TPSA) is 33.0 Å². The van der Waals surface area contributed by atoms with Gasteiger partial charge in [0.25, 0.3) is 6.26 Å². The average molecular weight is 153 g/mol. The Kier molecular flexibility index (Phi) is 2.15. The molecule has 0 aromatic carbocycles. The number of nitrogens with zero attached hydrogens (tertiary/aromatic N) is 1. The van der Waals surface area contributed by atoms with E-state index in [2.05, 4.69) is 4.74 Å². The summed E-state index contributed by atoms with van der Waals surface area (Å²) in [6, 6.07) is 0. The Morgan fingerprint density at radius 3 is 1.80 bits per heavy atom. The summed E-state index contributed by atoms with van der Waals surface area (Å²) in [5.41, 5.74) is -2.37. The number of rotatable bonds is 1. The van der Waals surface area contributed by atoms with Crippen molar-refractivity contribution in [2.45, 2.75) is 25.6 Å². The van der Waals surface area contributed by atoms with Crippen LogP contribution in [0.5, 0.6) is 0 Å². The molecule has 0 atom stereocenters. The Hall–Kier alpha value is -0.920. The van der Waals surface area contributed by atoms with Crippen molar-refractivity contribution >= 4 is 0 Å². The number of ether oxygens (including phenoxy) is 1. The number of hydrogen-bond donors (Lipinski definition) is 0. The van der Waals surface area contributed by atoms with E-state index in [0.717, 1.165) is 20.1 Å². The normalized spacial score (nSPS) is 12.4. The van der Waals surface area contributed by atoms with Gasteiger partial charge in [-0.15, -0.1) is 0 Å². The molecule has 0 aliphatic rings. The molecule has 0 aromatic rings. The van der Waals surface area contributed by atoms with E-state index < -0.39 is 11.8 Å². The van der Waals surface area contributed by atoms with Crippen LogP contribution in [0.1, 0.15) is 13.8 Å². The quantitative estimate of drug-likeness (QED) is 0.538. The Labute approximate surface area is 56.2 Å². The number of hydrogen-bond acceptors (Lipinski definition) is 2. The molecule has 0 N–H and O–H groups in total. The third-order valence-electron chi connectivity index (χ3n) is 0.983. The maximum absolute atomic E-state index is 11.7. The molecule has 0 saturated heterocycles. The predicted molar refractivity (Wildman–Crippen MR) is 26.8 cm³/mol. The van der Waals surface area contributed by atoms with Crippen molar-refractivity contribution in [1.29, 1.82) is 5.26 Å². The highest BCUT2D eigenvalue weighted by Gasteiger charge is 2.50. The van der Waals surface area contributed by atoms with Crippen molar-refractivity contribution in [3.8, 4) is 6.26 Å². The molecule has 0 radical (unpaired) electrons. The van der Waals surface area contributed by atoms with E-state index in [-0.39, 0.29) is 0 Å². The molecule has 0 bridgehead atoms. The third-order valence-corrected chi connectivity index (χ3v) is 0.983. The molecule has 5 heteroatoms. The second-order valence-electron chi connectivity index (χ2n) is 2.20. The fourth-order valence-corrected chi connectivity index (χ4v) is 0.172. The Bertz CT molecular complexity index is 155. The van der Waals surface area contributed by atoms with Gasteiger partial charge < -0.3 is 4.74 Å². The highest BCUT2D eigenvalue weighted by Crippen LogP contribution is 2.32. The van der Waals surface area contributed by atoms with Gasteiger partial charge in [0.2, 0.25) is 5.60 Å². The number of halogens is 3. The summed E-state index contributed by atoms with van der Waals surface area (Å²) in [6.45, 7) is 1.58. The van der Waals surface area contributed by atoms with Crippen LogP contribution in [0.15, 0.2) is 0 Å². The predicted octanol–water partition coefficient (Wildman–Crippen LogP) is 1.82. The van der Waals surface area contributed by atoms with Gasteiger partial charge >= 0.3 is 6.18 Å². The molecular weight excluding hydrogens is 147 g/mol. The van der Waals surface area contributed by atoms with Gasteiger partial charge in [-0.1, -0.05) is 0 Å². The van der Waals surface area contributed by atoms with Crippen molar-refractivity contribution < 1.29 is 17.9 Å². The molecule has 0 heterocycles. The lowest BCUT2D eigenvalue weighted by molar-refractivity contribution is -0.243. The van der Waals surface area contributed by atoms with Gasteiger partial charge in [-0.3, -0.25) is 0 Å². The lowest BCUT2D eigenvalue weighted by atomic mass is 10.1. The maximum Gasteiger partial charge on any atom is 0.428 e. The monoisotopic (exact) mass is 153 g/mol. The minimum Gasteiger partial charge on any atom is -0.412 e. The molecule has 0 amide bonds. The Morgan fingerprint density at radius 2 is 1.70 bits per heavy atom. The van der Waals surface area contributed by atoms with Gasteiger partial charge in [-0.05, 0) is 13.8 Å². The van der Waals surface area contributed by atoms with Crippen molar-refractivity contribution in [2.24, 2.45) is 0 Å². The molecule has 0 rings (SSSR count). The molecular formula is C5H6F3NO. The van der Waals surface area contributed by atoms with E-state index in [1.807, 2.05) is 0 Å². The first kappa shape index (κ1) is 9.08. The molecule has 58 valence electrons. The number of nitriles is 1. The van der Waals surface area contributed by atoms with E-state index >= 15 is 0 Å². The summed E-state index contributed by atoms with van der Waals surface area (Å²) in [5, 5.41) is 7.79. The van der Waals surface area contributed by atoms with Crippen LogP contribution < -0.4 is 0 Å². The molecule has 10 heavy (non-hydrogen) atoms. The largest absolute Gasteiger partial charge is 0.428 e. The van der Waals surface area contributed by atoms with Crippen LogP contribution >= 0.6 is 0 Å². The lowest BCUT2D eigenvalue weighted by Gasteiger charge is -2.23. The minimum absolute atomic E-state index is 0.788. The van der Waals surface area contributed by atoms with Crippen molar-refractivity contribution in [1.82, 2.24) is 0 Å². The smallest absolute Gasteiger partial charge is 0.412 e. The fourth-order valence-electron chi connectivity index (χ4n) is 0.172. The zero-order valence-corrected chi connectivity index (χ0v) is 5.49. The minimum atomic E-state index is -4.50. The molecule has 0 aromatic heterocycles. The summed E-state index contributed by atoms with van der Waals surface area (Å²) < 4.78 is 39.0. The first-order valence-corrected chi connectivity index (χ1v) is 2.45. The van der Waals surface area contributed by atoms with E-state index in [4.69, 9.17) is 5.26 Å². The SMILES string of the molecule is CC(C)(OC#N)C(F)(F)F. The fraction of sp³-hybridized carbons (Fsp3) is 0.800. The van der Waals surface area contributed by atoms with Crippen molar-refractivity contribution in [3.05, 3.63) is 0 Å². The van der Waals surface area contributed by atoms with Gasteiger partial charge in [-0.2, -0.15) is 18.4 Å². The van der Waals surface area contributed by atoms with Gasteiger partial charge in [0.05, 0.1) is 0 Å². The molecule has 0 saturated carbocycles. The van der Waals surface area contributed by atoms with Gasteiger partial charge in [0.1, 0.15) is 0 Å². The molecule has 0 aliphatic carbocycles. The third kappa shape index (κ3) is 1.79. The van der Waals surface area contributed by atoms with Crippen LogP contribution in [0.4, 0.5) is 13.2 Å². The van der Waals surface area contributed by atoms with Crippen LogP contribution in [-0.4, -0.2) is 11.8 Å². The number of alkyl halides is 3. The van der Waals surface area contributed by atoms with Crippen molar-refractivity contribution in [2.75, 3.05) is 0 Å².